The molecule has 290 valence electrons. The van der Waals surface area contributed by atoms with Gasteiger partial charge in [0.15, 0.2) is 9.84 Å². The van der Waals surface area contributed by atoms with E-state index in [1.165, 1.54) is 4.90 Å². The van der Waals surface area contributed by atoms with Crippen LogP contribution in [0.5, 0.6) is 0 Å². The first-order valence-electron chi connectivity index (χ1n) is 18.6. The summed E-state index contributed by atoms with van der Waals surface area (Å²) in [5.74, 6) is -3.19. The Bertz CT molecular complexity index is 1560. The first-order valence-corrected chi connectivity index (χ1v) is 20.3. The number of primary amides is 1. The van der Waals surface area contributed by atoms with E-state index >= 15 is 0 Å². The molecule has 1 aromatic rings. The van der Waals surface area contributed by atoms with E-state index in [0.717, 1.165) is 44.1 Å². The second-order valence-electron chi connectivity index (χ2n) is 17.1. The van der Waals surface area contributed by atoms with Crippen LogP contribution in [0.3, 0.4) is 0 Å². The van der Waals surface area contributed by atoms with Gasteiger partial charge >= 0.3 is 6.03 Å². The summed E-state index contributed by atoms with van der Waals surface area (Å²) in [6.07, 6.45) is 6.07. The van der Waals surface area contributed by atoms with Gasteiger partial charge in [-0.3, -0.25) is 19.2 Å². The van der Waals surface area contributed by atoms with Crippen LogP contribution in [0.25, 0.3) is 0 Å². The zero-order chi connectivity index (χ0) is 38.5. The lowest BCUT2D eigenvalue weighted by molar-refractivity contribution is -0.143. The molecule has 52 heavy (non-hydrogen) atoms. The summed E-state index contributed by atoms with van der Waals surface area (Å²) in [6, 6.07) is 5.53. The summed E-state index contributed by atoms with van der Waals surface area (Å²) in [7, 11) is -3.59. The molecular formula is C38H59N5O8S. The number of carbonyl (C=O) groups excluding carboxylic acids is 5. The quantitative estimate of drug-likeness (QED) is 0.208. The molecular weight excluding hydrogens is 687 g/mol. The number of hydrogen-bond donors (Lipinski definition) is 4. The largest absolute Gasteiger partial charge is 0.372 e. The number of urea groups is 1. The van der Waals surface area contributed by atoms with Crippen LogP contribution in [0.2, 0.25) is 0 Å². The highest BCUT2D eigenvalue weighted by Gasteiger charge is 2.47. The highest BCUT2D eigenvalue weighted by molar-refractivity contribution is 7.92. The van der Waals surface area contributed by atoms with E-state index in [9.17, 15) is 32.4 Å². The Morgan fingerprint density at radius 2 is 1.58 bits per heavy atom. The highest BCUT2D eigenvalue weighted by Crippen LogP contribution is 2.34. The molecule has 5 N–H and O–H groups in total. The molecule has 1 saturated heterocycles. The van der Waals surface area contributed by atoms with E-state index in [-0.39, 0.29) is 37.7 Å². The van der Waals surface area contributed by atoms with Gasteiger partial charge < -0.3 is 31.3 Å². The monoisotopic (exact) mass is 745 g/mol. The maximum absolute atomic E-state index is 14.6. The van der Waals surface area contributed by atoms with Crippen molar-refractivity contribution in [3.05, 3.63) is 35.9 Å². The van der Waals surface area contributed by atoms with Gasteiger partial charge in [-0.2, -0.15) is 0 Å². The van der Waals surface area contributed by atoms with Crippen molar-refractivity contribution >= 4 is 39.4 Å². The topological polar surface area (TPSA) is 194 Å². The number of amides is 5. The summed E-state index contributed by atoms with van der Waals surface area (Å²) in [6.45, 7) is 10.6. The molecule has 4 rings (SSSR count). The van der Waals surface area contributed by atoms with Crippen LogP contribution in [-0.4, -0.2) is 89.7 Å². The average Bonchev–Trinajstić information content (AvgIpc) is 3.47. The van der Waals surface area contributed by atoms with Crippen molar-refractivity contribution in [1.82, 2.24) is 20.9 Å². The minimum absolute atomic E-state index is 0.0461. The molecule has 5 amide bonds. The van der Waals surface area contributed by atoms with Crippen LogP contribution in [0, 0.1) is 11.3 Å². The molecule has 0 aromatic heterocycles. The molecule has 1 unspecified atom stereocenters. The maximum atomic E-state index is 14.6. The fourth-order valence-corrected chi connectivity index (χ4v) is 8.79. The van der Waals surface area contributed by atoms with Crippen molar-refractivity contribution in [2.24, 2.45) is 17.1 Å². The minimum atomic E-state index is -3.59. The van der Waals surface area contributed by atoms with Crippen LogP contribution < -0.4 is 21.7 Å². The zero-order valence-corrected chi connectivity index (χ0v) is 32.5. The summed E-state index contributed by atoms with van der Waals surface area (Å²) in [5, 5.41) is 8.57. The first kappa shape index (κ1) is 41.2. The maximum Gasteiger partial charge on any atom is 0.315 e. The number of benzene rings is 1. The van der Waals surface area contributed by atoms with E-state index in [2.05, 4.69) is 16.0 Å². The van der Waals surface area contributed by atoms with Gasteiger partial charge in [0, 0.05) is 13.0 Å². The Morgan fingerprint density at radius 1 is 0.942 bits per heavy atom. The van der Waals surface area contributed by atoms with Gasteiger partial charge in [-0.05, 0) is 56.9 Å². The number of ketones is 1. The SMILES string of the molecule is CC(C)(C)[C@H](NC(=O)NC1(CS(=O)(=O)C(C)(C)C)CCCCC1)C(=O)N1C[C@H](OCc2ccccc2)C[C@H]1C(=O)NC(CC1CCC1)C(=O)C(N)=O. The van der Waals surface area contributed by atoms with Gasteiger partial charge in [0.2, 0.25) is 17.6 Å². The number of rotatable bonds is 14. The second kappa shape index (κ2) is 16.7. The molecule has 14 heteroatoms. The average molecular weight is 746 g/mol. The van der Waals surface area contributed by atoms with Crippen molar-refractivity contribution in [2.75, 3.05) is 12.3 Å². The zero-order valence-electron chi connectivity index (χ0n) is 31.7. The Balaban J connectivity index is 1.58. The van der Waals surface area contributed by atoms with Crippen LogP contribution in [-0.2, 0) is 40.4 Å². The third-order valence-corrected chi connectivity index (χ3v) is 13.6. The third-order valence-electron chi connectivity index (χ3n) is 10.8. The standard InChI is InChI=1S/C38H59N5O8S/c1-36(2,3)31(41-35(48)42-38(18-11-8-12-19-38)24-52(49,50)37(4,5)6)34(47)43-22-27(51-23-26-14-9-7-10-15-26)21-29(43)33(46)40-28(30(44)32(39)45)20-25-16-13-17-25/h7,9-10,14-15,25,27-29,31H,8,11-13,16-24H2,1-6H3,(H2,39,45)(H,40,46)(H2,41,42,48)/t27-,28?,29+,31-/m1/s1. The molecule has 3 fully saturated rings. The van der Waals surface area contributed by atoms with Gasteiger partial charge in [0.25, 0.3) is 5.91 Å². The van der Waals surface area contributed by atoms with Crippen LogP contribution in [0.1, 0.15) is 111 Å². The molecule has 1 aliphatic heterocycles. The van der Waals surface area contributed by atoms with E-state index in [1.807, 2.05) is 30.3 Å². The lowest BCUT2D eigenvalue weighted by Crippen LogP contribution is -2.63. The second-order valence-corrected chi connectivity index (χ2v) is 19.8. The Hall–Kier alpha value is -3.52. The number of hydrogen-bond acceptors (Lipinski definition) is 8. The molecule has 13 nitrogen and oxygen atoms in total. The summed E-state index contributed by atoms with van der Waals surface area (Å²) in [5.41, 5.74) is 4.45. The highest BCUT2D eigenvalue weighted by atomic mass is 32.2. The molecule has 1 heterocycles. The molecule has 2 saturated carbocycles. The van der Waals surface area contributed by atoms with Gasteiger partial charge in [-0.15, -0.1) is 0 Å². The molecule has 4 atom stereocenters. The smallest absolute Gasteiger partial charge is 0.315 e. The minimum Gasteiger partial charge on any atom is -0.372 e. The van der Waals surface area contributed by atoms with E-state index < -0.39 is 79.3 Å². The van der Waals surface area contributed by atoms with Crippen LogP contribution >= 0.6 is 0 Å². The summed E-state index contributed by atoms with van der Waals surface area (Å²) in [4.78, 5) is 68.5. The van der Waals surface area contributed by atoms with Gasteiger partial charge in [0.1, 0.15) is 12.1 Å². The molecule has 1 aromatic carbocycles. The number of nitrogens with one attached hydrogen (secondary N) is 3. The van der Waals surface area contributed by atoms with E-state index in [0.29, 0.717) is 12.8 Å². The number of Topliss-reactive ketones (excluding diaryl/α,β-unsaturated/α-hetero) is 1. The number of ether oxygens (including phenoxy) is 1. The number of sulfone groups is 1. The van der Waals surface area contributed by atoms with Crippen LogP contribution in [0.4, 0.5) is 4.79 Å². The van der Waals surface area contributed by atoms with Gasteiger partial charge in [-0.25, -0.2) is 13.2 Å². The lowest BCUT2D eigenvalue weighted by atomic mass is 9.80. The van der Waals surface area contributed by atoms with E-state index in [1.54, 1.807) is 41.5 Å². The van der Waals surface area contributed by atoms with E-state index in [4.69, 9.17) is 10.5 Å². The fourth-order valence-electron chi connectivity index (χ4n) is 7.27. The summed E-state index contributed by atoms with van der Waals surface area (Å²) >= 11 is 0. The molecule has 0 spiro atoms. The lowest BCUT2D eigenvalue weighted by Gasteiger charge is -2.41. The normalized spacial score (nSPS) is 22.1. The number of likely N-dealkylation sites (tertiary alicyclic amines) is 1. The third kappa shape index (κ3) is 10.5. The first-order chi connectivity index (χ1) is 24.2. The van der Waals surface area contributed by atoms with Crippen molar-refractivity contribution in [1.29, 1.82) is 0 Å². The Labute approximate surface area is 308 Å². The van der Waals surface area contributed by atoms with Crippen molar-refractivity contribution in [2.45, 2.75) is 147 Å². The summed E-state index contributed by atoms with van der Waals surface area (Å²) < 4.78 is 31.9. The number of nitrogens with two attached hydrogens (primary N) is 1. The Morgan fingerprint density at radius 3 is 2.12 bits per heavy atom. The Kier molecular flexibility index (Phi) is 13.2. The fraction of sp³-hybridized carbons (Fsp3) is 0.711. The molecule has 0 bridgehead atoms. The van der Waals surface area contributed by atoms with Crippen molar-refractivity contribution < 1.29 is 37.1 Å². The molecule has 3 aliphatic rings. The van der Waals surface area contributed by atoms with Crippen molar-refractivity contribution in [3.63, 3.8) is 0 Å². The number of nitrogens with zero attached hydrogens (tertiary/aromatic N) is 1. The van der Waals surface area contributed by atoms with Gasteiger partial charge in [0.05, 0.1) is 34.8 Å². The van der Waals surface area contributed by atoms with Gasteiger partial charge in [-0.1, -0.05) is 89.6 Å². The van der Waals surface area contributed by atoms with Crippen molar-refractivity contribution in [3.8, 4) is 0 Å². The molecule has 2 aliphatic carbocycles. The predicted molar refractivity (Wildman–Crippen MR) is 197 cm³/mol. The molecule has 0 radical (unpaired) electrons. The van der Waals surface area contributed by atoms with Crippen LogP contribution in [0.15, 0.2) is 30.3 Å². The predicted octanol–water partition coefficient (Wildman–Crippen LogP) is 3.53. The number of carbonyl (C=O) groups is 5.